The molecule has 1 aliphatic heterocycles. The first-order valence-electron chi connectivity index (χ1n) is 8.13. The molecule has 0 aromatic carbocycles. The monoisotopic (exact) mass is 390 g/mol. The number of hydrogen-bond acceptors (Lipinski definition) is 4. The van der Waals surface area contributed by atoms with Crippen molar-refractivity contribution < 1.29 is 23.1 Å². The lowest BCUT2D eigenvalue weighted by Crippen LogP contribution is -2.49. The molecule has 1 N–H and O–H groups in total. The number of alkyl halides is 3. The first-order valence-corrected chi connectivity index (χ1v) is 8.51. The fraction of sp³-hybridized carbons (Fsp3) is 0.500. The van der Waals surface area contributed by atoms with Crippen molar-refractivity contribution in [1.82, 2.24) is 19.2 Å². The Morgan fingerprint density at radius 2 is 1.92 bits per heavy atom. The standard InChI is InChI=1S/C16H18ClF3N4O2/c17-13-7-11(16(18,19)20)9-24-10-12(21-15(13)24)8-14(26)23-3-1-22(2-4-23)5-6-25/h7,9-10,25H,1-6,8H2. The number of β-amino-alcohol motifs (C(OH)–C–C–N with tert-alkyl or cyclic N) is 1. The number of aliphatic hydroxyl groups excluding tert-OH is 1. The van der Waals surface area contributed by atoms with Gasteiger partial charge in [-0.05, 0) is 6.07 Å². The van der Waals surface area contributed by atoms with Crippen LogP contribution in [0.25, 0.3) is 5.65 Å². The van der Waals surface area contributed by atoms with Gasteiger partial charge >= 0.3 is 6.18 Å². The minimum atomic E-state index is -4.51. The Kier molecular flexibility index (Phi) is 5.40. The van der Waals surface area contributed by atoms with Gasteiger partial charge in [-0.1, -0.05) is 11.6 Å². The highest BCUT2D eigenvalue weighted by molar-refractivity contribution is 6.33. The summed E-state index contributed by atoms with van der Waals surface area (Å²) in [5.74, 6) is -0.135. The van der Waals surface area contributed by atoms with Crippen molar-refractivity contribution in [3.63, 3.8) is 0 Å². The van der Waals surface area contributed by atoms with Gasteiger partial charge in [0.1, 0.15) is 0 Å². The van der Waals surface area contributed by atoms with E-state index in [4.69, 9.17) is 16.7 Å². The molecule has 1 saturated heterocycles. The molecule has 0 atom stereocenters. The number of imidazole rings is 1. The normalized spacial score (nSPS) is 16.4. The molecule has 0 saturated carbocycles. The Balaban J connectivity index is 1.71. The van der Waals surface area contributed by atoms with Crippen LogP contribution in [-0.2, 0) is 17.4 Å². The third-order valence-electron chi connectivity index (χ3n) is 4.36. The number of fused-ring (bicyclic) bond motifs is 1. The molecule has 0 unspecified atom stereocenters. The summed E-state index contributed by atoms with van der Waals surface area (Å²) in [6.07, 6.45) is -2.20. The van der Waals surface area contributed by atoms with Gasteiger partial charge in [-0.2, -0.15) is 13.2 Å². The van der Waals surface area contributed by atoms with Crippen LogP contribution in [0.1, 0.15) is 11.3 Å². The Bertz CT molecular complexity index is 801. The summed E-state index contributed by atoms with van der Waals surface area (Å²) in [6, 6.07) is 0.829. The quantitative estimate of drug-likeness (QED) is 0.863. The number of pyridine rings is 1. The van der Waals surface area contributed by atoms with Crippen molar-refractivity contribution in [2.75, 3.05) is 39.3 Å². The van der Waals surface area contributed by atoms with E-state index >= 15 is 0 Å². The average Bonchev–Trinajstić information content (AvgIpc) is 2.98. The number of hydrogen-bond donors (Lipinski definition) is 1. The van der Waals surface area contributed by atoms with E-state index in [9.17, 15) is 18.0 Å². The molecular formula is C16H18ClF3N4O2. The summed E-state index contributed by atoms with van der Waals surface area (Å²) in [5.41, 5.74) is -0.311. The van der Waals surface area contributed by atoms with Gasteiger partial charge in [0.2, 0.25) is 5.91 Å². The summed E-state index contributed by atoms with van der Waals surface area (Å²) in [5, 5.41) is 8.82. The molecule has 1 amide bonds. The van der Waals surface area contributed by atoms with E-state index in [0.29, 0.717) is 38.4 Å². The number of halogens is 4. The Labute approximate surface area is 152 Å². The summed E-state index contributed by atoms with van der Waals surface area (Å²) in [6.45, 7) is 3.11. The van der Waals surface area contributed by atoms with Crippen molar-refractivity contribution in [2.45, 2.75) is 12.6 Å². The number of carbonyl (C=O) groups excluding carboxylic acids is 1. The number of aromatic nitrogens is 2. The highest BCUT2D eigenvalue weighted by Gasteiger charge is 2.32. The summed E-state index contributed by atoms with van der Waals surface area (Å²) >= 11 is 5.91. The maximum Gasteiger partial charge on any atom is 0.417 e. The van der Waals surface area contributed by atoms with Crippen molar-refractivity contribution in [2.24, 2.45) is 0 Å². The van der Waals surface area contributed by atoms with Crippen LogP contribution in [0, 0.1) is 0 Å². The molecule has 2 aromatic heterocycles. The minimum absolute atomic E-state index is 0.000635. The van der Waals surface area contributed by atoms with Gasteiger partial charge in [0.25, 0.3) is 0 Å². The fourth-order valence-electron chi connectivity index (χ4n) is 2.98. The molecule has 6 nitrogen and oxygen atoms in total. The maximum absolute atomic E-state index is 12.9. The van der Waals surface area contributed by atoms with Crippen molar-refractivity contribution in [3.05, 3.63) is 34.7 Å². The molecule has 26 heavy (non-hydrogen) atoms. The average molecular weight is 391 g/mol. The summed E-state index contributed by atoms with van der Waals surface area (Å²) in [4.78, 5) is 20.4. The van der Waals surface area contributed by atoms with Crippen molar-refractivity contribution in [1.29, 1.82) is 0 Å². The van der Waals surface area contributed by atoms with E-state index in [1.807, 2.05) is 0 Å². The molecule has 142 valence electrons. The molecule has 10 heteroatoms. The molecule has 0 spiro atoms. The molecule has 3 heterocycles. The fourth-order valence-corrected chi connectivity index (χ4v) is 3.23. The highest BCUT2D eigenvalue weighted by atomic mass is 35.5. The van der Waals surface area contributed by atoms with Crippen LogP contribution in [0.2, 0.25) is 5.02 Å². The zero-order chi connectivity index (χ0) is 18.9. The Morgan fingerprint density at radius 1 is 1.23 bits per heavy atom. The number of carbonyl (C=O) groups is 1. The zero-order valence-corrected chi connectivity index (χ0v) is 14.6. The third kappa shape index (κ3) is 4.11. The highest BCUT2D eigenvalue weighted by Crippen LogP contribution is 2.32. The van der Waals surface area contributed by atoms with Gasteiger partial charge < -0.3 is 14.4 Å². The number of rotatable bonds is 4. The van der Waals surface area contributed by atoms with Crippen LogP contribution < -0.4 is 0 Å². The SMILES string of the molecule is O=C(Cc1cn2cc(C(F)(F)F)cc(Cl)c2n1)N1CCN(CCO)CC1. The van der Waals surface area contributed by atoms with Crippen molar-refractivity contribution >= 4 is 23.2 Å². The second-order valence-corrected chi connectivity index (χ2v) is 6.57. The second-order valence-electron chi connectivity index (χ2n) is 6.16. The molecule has 1 aliphatic rings. The van der Waals surface area contributed by atoms with Crippen LogP contribution >= 0.6 is 11.6 Å². The van der Waals surface area contributed by atoms with Crippen LogP contribution in [0.4, 0.5) is 13.2 Å². The van der Waals surface area contributed by atoms with Crippen LogP contribution in [0.5, 0.6) is 0 Å². The van der Waals surface area contributed by atoms with E-state index in [2.05, 4.69) is 9.88 Å². The van der Waals surface area contributed by atoms with E-state index in [1.165, 1.54) is 10.6 Å². The van der Waals surface area contributed by atoms with Gasteiger partial charge in [-0.15, -0.1) is 0 Å². The van der Waals surface area contributed by atoms with E-state index in [-0.39, 0.29) is 29.6 Å². The smallest absolute Gasteiger partial charge is 0.395 e. The lowest BCUT2D eigenvalue weighted by atomic mass is 10.2. The molecule has 0 radical (unpaired) electrons. The molecule has 0 bridgehead atoms. The van der Waals surface area contributed by atoms with Crippen LogP contribution in [0.3, 0.4) is 0 Å². The topological polar surface area (TPSA) is 61.1 Å². The van der Waals surface area contributed by atoms with E-state index in [0.717, 1.165) is 12.3 Å². The zero-order valence-electron chi connectivity index (χ0n) is 13.8. The lowest BCUT2D eigenvalue weighted by molar-refractivity contribution is -0.138. The van der Waals surface area contributed by atoms with Crippen molar-refractivity contribution in [3.8, 4) is 0 Å². The third-order valence-corrected chi connectivity index (χ3v) is 4.64. The van der Waals surface area contributed by atoms with Gasteiger partial charge in [0, 0.05) is 45.1 Å². The van der Waals surface area contributed by atoms with Crippen LogP contribution in [0.15, 0.2) is 18.5 Å². The number of amides is 1. The predicted molar refractivity (Wildman–Crippen MR) is 89.0 cm³/mol. The van der Waals surface area contributed by atoms with Crippen LogP contribution in [-0.4, -0.2) is 69.5 Å². The predicted octanol–water partition coefficient (Wildman–Crippen LogP) is 1.69. The summed E-state index contributed by atoms with van der Waals surface area (Å²) in [7, 11) is 0. The number of aliphatic hydroxyl groups is 1. The van der Waals surface area contributed by atoms with Gasteiger partial charge in [-0.3, -0.25) is 9.69 Å². The minimum Gasteiger partial charge on any atom is -0.395 e. The largest absolute Gasteiger partial charge is 0.417 e. The number of nitrogens with zero attached hydrogens (tertiary/aromatic N) is 4. The molecule has 3 rings (SSSR count). The van der Waals surface area contributed by atoms with Gasteiger partial charge in [0.15, 0.2) is 5.65 Å². The molecule has 1 fully saturated rings. The van der Waals surface area contributed by atoms with E-state index in [1.54, 1.807) is 4.90 Å². The molecule has 2 aromatic rings. The lowest BCUT2D eigenvalue weighted by Gasteiger charge is -2.34. The molecule has 0 aliphatic carbocycles. The second kappa shape index (κ2) is 7.42. The first-order chi connectivity index (χ1) is 12.3. The Morgan fingerprint density at radius 3 is 2.54 bits per heavy atom. The Hall–Kier alpha value is -1.84. The summed E-state index contributed by atoms with van der Waals surface area (Å²) < 4.78 is 39.8. The maximum atomic E-state index is 12.9. The van der Waals surface area contributed by atoms with E-state index < -0.39 is 11.7 Å². The number of piperazine rings is 1. The van der Waals surface area contributed by atoms with Gasteiger partial charge in [0.05, 0.1) is 29.3 Å². The van der Waals surface area contributed by atoms with Gasteiger partial charge in [-0.25, -0.2) is 4.98 Å². The first kappa shape index (κ1) is 18.9. The molecular weight excluding hydrogens is 373 g/mol.